The number of likely N-dealkylation sites (N-methyl/N-ethyl adjacent to an activating group) is 1. The molecule has 7 heteroatoms. The summed E-state index contributed by atoms with van der Waals surface area (Å²) in [5.41, 5.74) is 7.82. The molecular weight excluding hydrogens is 677 g/mol. The number of fused-ring (bicyclic) bond motifs is 6. The van der Waals surface area contributed by atoms with Crippen LogP contribution < -0.4 is 4.90 Å². The van der Waals surface area contributed by atoms with Crippen LogP contribution in [0.5, 0.6) is 0 Å². The molecule has 4 aromatic rings. The number of ketones is 1. The van der Waals surface area contributed by atoms with Gasteiger partial charge in [0.05, 0.1) is 10.3 Å². The maximum Gasteiger partial charge on any atom is 0.294 e. The highest BCUT2D eigenvalue weighted by Crippen LogP contribution is 2.51. The van der Waals surface area contributed by atoms with E-state index in [4.69, 9.17) is 0 Å². The zero-order chi connectivity index (χ0) is 38.1. The number of carbonyl (C=O) groups is 1. The number of hydrogen-bond acceptors (Lipinski definition) is 4. The Morgan fingerprint density at radius 3 is 2.30 bits per heavy atom. The lowest BCUT2D eigenvalue weighted by molar-refractivity contribution is -0.438. The number of benzene rings is 4. The number of allylic oxidation sites excluding steroid dienone is 6. The van der Waals surface area contributed by atoms with Gasteiger partial charge in [-0.15, -0.1) is 0 Å². The number of unbranched alkanes of at least 4 members (excludes halogenated alkanes) is 3. The third kappa shape index (κ3) is 7.30. The Morgan fingerprint density at radius 1 is 0.811 bits per heavy atom. The topological polar surface area (TPSA) is 77.7 Å². The van der Waals surface area contributed by atoms with Crippen LogP contribution in [0, 0.1) is 6.92 Å². The lowest BCUT2D eigenvalue weighted by Crippen LogP contribution is -2.28. The van der Waals surface area contributed by atoms with Crippen molar-refractivity contribution in [1.82, 2.24) is 0 Å². The lowest BCUT2D eigenvalue weighted by Gasteiger charge is -2.26. The smallest absolute Gasteiger partial charge is 0.294 e. The molecule has 0 atom stereocenters. The highest BCUT2D eigenvalue weighted by atomic mass is 32.2. The van der Waals surface area contributed by atoms with Crippen molar-refractivity contribution in [1.29, 1.82) is 0 Å². The Labute approximate surface area is 316 Å². The standard InChI is InChI=1S/C46H54N2O4S/c1-8-10-19-34(49)20-13-12-16-30-48-40-28-25-33-24-26-35(53(50,51)52)31-38(33)44(40)46(6,7)42(48)23-15-11-14-22-41-45(4,5)43-37-21-17-18-32(3)36(37)27-29-39(43)47(41)9-2/h11,14-15,17-18,21-29,31H,8-10,12-13,16,19-20,30H2,1-7H3/p+1. The van der Waals surface area contributed by atoms with Crippen LogP contribution in [-0.2, 0) is 25.7 Å². The molecule has 2 aliphatic heterocycles. The Bertz CT molecular complexity index is 2310. The minimum absolute atomic E-state index is 0.102. The van der Waals surface area contributed by atoms with E-state index >= 15 is 0 Å². The van der Waals surface area contributed by atoms with E-state index in [9.17, 15) is 17.8 Å². The van der Waals surface area contributed by atoms with Gasteiger partial charge in [0.25, 0.3) is 10.1 Å². The first-order valence-electron chi connectivity index (χ1n) is 19.3. The second-order valence-corrected chi connectivity index (χ2v) is 17.1. The predicted molar refractivity (Wildman–Crippen MR) is 221 cm³/mol. The molecule has 6 rings (SSSR count). The van der Waals surface area contributed by atoms with Gasteiger partial charge < -0.3 is 4.90 Å². The van der Waals surface area contributed by atoms with Crippen LogP contribution in [-0.4, -0.2) is 42.1 Å². The van der Waals surface area contributed by atoms with Crippen molar-refractivity contribution in [2.75, 3.05) is 18.0 Å². The summed E-state index contributed by atoms with van der Waals surface area (Å²) in [5, 5.41) is 4.37. The van der Waals surface area contributed by atoms with E-state index in [1.165, 1.54) is 39.4 Å². The summed E-state index contributed by atoms with van der Waals surface area (Å²) < 4.78 is 36.6. The molecule has 0 unspecified atom stereocenters. The minimum atomic E-state index is -4.36. The number of Topliss-reactive ketones (excluding diaryl/α,β-unsaturated/α-hetero) is 1. The highest BCUT2D eigenvalue weighted by Gasteiger charge is 2.45. The Balaban J connectivity index is 1.32. The molecular formula is C46H55N2O4S+. The Morgan fingerprint density at radius 2 is 1.57 bits per heavy atom. The van der Waals surface area contributed by atoms with Gasteiger partial charge in [-0.3, -0.25) is 9.35 Å². The van der Waals surface area contributed by atoms with Gasteiger partial charge in [-0.2, -0.15) is 13.0 Å². The van der Waals surface area contributed by atoms with Gasteiger partial charge >= 0.3 is 0 Å². The van der Waals surface area contributed by atoms with Gasteiger partial charge in [0.15, 0.2) is 5.71 Å². The first kappa shape index (κ1) is 38.4. The van der Waals surface area contributed by atoms with Crippen molar-refractivity contribution >= 4 is 54.5 Å². The zero-order valence-corrected chi connectivity index (χ0v) is 33.3. The van der Waals surface area contributed by atoms with Gasteiger partial charge in [-0.25, -0.2) is 0 Å². The molecule has 6 nitrogen and oxygen atoms in total. The average Bonchev–Trinajstić information content (AvgIpc) is 3.48. The van der Waals surface area contributed by atoms with E-state index in [2.05, 4.69) is 125 Å². The summed E-state index contributed by atoms with van der Waals surface area (Å²) in [6, 6.07) is 20.1. The van der Waals surface area contributed by atoms with Crippen molar-refractivity contribution in [2.45, 2.75) is 109 Å². The highest BCUT2D eigenvalue weighted by molar-refractivity contribution is 7.85. The average molecular weight is 732 g/mol. The monoisotopic (exact) mass is 731 g/mol. The van der Waals surface area contributed by atoms with Gasteiger partial charge in [0, 0.05) is 60.3 Å². The van der Waals surface area contributed by atoms with Crippen molar-refractivity contribution in [3.63, 3.8) is 0 Å². The van der Waals surface area contributed by atoms with Crippen molar-refractivity contribution < 1.29 is 22.3 Å². The maximum atomic E-state index is 12.3. The fourth-order valence-corrected chi connectivity index (χ4v) is 9.22. The molecule has 0 saturated carbocycles. The number of hydrogen-bond donors (Lipinski definition) is 1. The van der Waals surface area contributed by atoms with E-state index in [1.54, 1.807) is 12.1 Å². The maximum absolute atomic E-state index is 12.3. The Kier molecular flexibility index (Phi) is 11.0. The zero-order valence-electron chi connectivity index (χ0n) is 32.5. The van der Waals surface area contributed by atoms with Crippen molar-refractivity contribution in [3.8, 4) is 0 Å². The summed E-state index contributed by atoms with van der Waals surface area (Å²) in [5.74, 6) is 0.355. The van der Waals surface area contributed by atoms with Crippen molar-refractivity contribution in [2.24, 2.45) is 0 Å². The van der Waals surface area contributed by atoms with Crippen LogP contribution in [0.4, 0.5) is 11.4 Å². The van der Waals surface area contributed by atoms with E-state index in [0.717, 1.165) is 72.9 Å². The molecule has 0 aliphatic carbocycles. The second kappa shape index (κ2) is 15.2. The molecule has 0 aromatic heterocycles. The van der Waals surface area contributed by atoms with Gasteiger partial charge in [-0.1, -0.05) is 75.8 Å². The SMILES string of the molecule is CCCCC(=O)CCCCC[N+]1=C(/C=C/C=C/C=C2\N(CC)c3ccc4c(C)cccc4c3C2(C)C)C(C)(C)c2c1ccc1ccc(S(=O)(=O)O)cc21. The Hall–Kier alpha value is -4.33. The van der Waals surface area contributed by atoms with Gasteiger partial charge in [0.1, 0.15) is 12.3 Å². The van der Waals surface area contributed by atoms with E-state index < -0.39 is 15.5 Å². The van der Waals surface area contributed by atoms with Gasteiger partial charge in [-0.05, 0) is 110 Å². The molecule has 0 saturated heterocycles. The fraction of sp³-hybridized carbons (Fsp3) is 0.391. The molecule has 1 N–H and O–H groups in total. The van der Waals surface area contributed by atoms with E-state index in [-0.39, 0.29) is 10.3 Å². The quantitative estimate of drug-likeness (QED) is 0.0605. The van der Waals surface area contributed by atoms with E-state index in [0.29, 0.717) is 18.6 Å². The van der Waals surface area contributed by atoms with Crippen LogP contribution in [0.25, 0.3) is 21.5 Å². The number of rotatable bonds is 14. The third-order valence-electron chi connectivity index (χ3n) is 11.4. The molecule has 4 aromatic carbocycles. The summed E-state index contributed by atoms with van der Waals surface area (Å²) in [6.07, 6.45) is 16.8. The third-order valence-corrected chi connectivity index (χ3v) is 12.3. The van der Waals surface area contributed by atoms with Crippen LogP contribution >= 0.6 is 0 Å². The molecule has 0 bridgehead atoms. The molecule has 0 spiro atoms. The molecule has 0 fully saturated rings. The van der Waals surface area contributed by atoms with Crippen molar-refractivity contribution in [3.05, 3.63) is 113 Å². The summed E-state index contributed by atoms with van der Waals surface area (Å²) in [4.78, 5) is 14.6. The fourth-order valence-electron chi connectivity index (χ4n) is 8.71. The normalized spacial score (nSPS) is 17.3. The van der Waals surface area contributed by atoms with Crippen LogP contribution in [0.2, 0.25) is 0 Å². The number of carbonyl (C=O) groups excluding carboxylic acids is 1. The summed E-state index contributed by atoms with van der Waals surface area (Å²) in [6.45, 7) is 17.2. The number of aryl methyl sites for hydroxylation is 1. The molecule has 0 amide bonds. The first-order valence-corrected chi connectivity index (χ1v) is 20.7. The predicted octanol–water partition coefficient (Wildman–Crippen LogP) is 11.1. The molecule has 0 radical (unpaired) electrons. The van der Waals surface area contributed by atoms with Crippen LogP contribution in [0.15, 0.2) is 102 Å². The molecule has 53 heavy (non-hydrogen) atoms. The molecule has 2 aliphatic rings. The summed E-state index contributed by atoms with van der Waals surface area (Å²) in [7, 11) is -4.36. The lowest BCUT2D eigenvalue weighted by atomic mass is 9.79. The van der Waals surface area contributed by atoms with Gasteiger partial charge in [0.2, 0.25) is 5.69 Å². The first-order chi connectivity index (χ1) is 25.2. The summed E-state index contributed by atoms with van der Waals surface area (Å²) >= 11 is 0. The van der Waals surface area contributed by atoms with Crippen LogP contribution in [0.3, 0.4) is 0 Å². The minimum Gasteiger partial charge on any atom is -0.344 e. The number of nitrogens with zero attached hydrogens (tertiary/aromatic N) is 2. The number of anilines is 1. The second-order valence-electron chi connectivity index (χ2n) is 15.7. The largest absolute Gasteiger partial charge is 0.344 e. The molecule has 278 valence electrons. The van der Waals surface area contributed by atoms with Crippen LogP contribution in [0.1, 0.15) is 103 Å². The molecule has 2 heterocycles. The van der Waals surface area contributed by atoms with E-state index in [1.807, 2.05) is 6.07 Å².